The summed E-state index contributed by atoms with van der Waals surface area (Å²) in [4.78, 5) is 10.2. The van der Waals surface area contributed by atoms with E-state index in [4.69, 9.17) is 11.6 Å². The van der Waals surface area contributed by atoms with Crippen LogP contribution in [0.1, 0.15) is 31.2 Å². The number of hydrogen-bond acceptors (Lipinski definition) is 4. The fourth-order valence-corrected chi connectivity index (χ4v) is 3.66. The molecule has 0 aromatic heterocycles. The smallest absolute Gasteiger partial charge is 0.270 e. The fraction of sp³-hybridized carbons (Fsp3) is 0.571. The molecular weight excluding hydrogens is 296 g/mol. The van der Waals surface area contributed by atoms with E-state index < -0.39 is 4.92 Å². The first-order chi connectivity index (χ1) is 9.60. The van der Waals surface area contributed by atoms with Gasteiger partial charge in [-0.25, -0.2) is 0 Å². The number of nitro groups is 1. The molecule has 0 heterocycles. The number of thioether (sulfide) groups is 1. The monoisotopic (exact) mass is 314 g/mol. The van der Waals surface area contributed by atoms with Gasteiger partial charge in [0.15, 0.2) is 0 Å². The predicted octanol–water partition coefficient (Wildman–Crippen LogP) is 4.01. The van der Waals surface area contributed by atoms with E-state index in [9.17, 15) is 10.1 Å². The SMILES string of the molecule is CSC1CCCC(NCc2ccc([N+](=O)[O-])cc2Cl)C1. The fourth-order valence-electron chi connectivity index (χ4n) is 2.59. The minimum Gasteiger partial charge on any atom is -0.310 e. The molecule has 0 aliphatic heterocycles. The summed E-state index contributed by atoms with van der Waals surface area (Å²) >= 11 is 8.04. The van der Waals surface area contributed by atoms with E-state index in [1.165, 1.54) is 37.8 Å². The Morgan fingerprint density at radius 1 is 1.50 bits per heavy atom. The normalized spacial score (nSPS) is 22.7. The molecular formula is C14H19ClN2O2S. The van der Waals surface area contributed by atoms with E-state index in [2.05, 4.69) is 11.6 Å². The topological polar surface area (TPSA) is 55.2 Å². The zero-order valence-electron chi connectivity index (χ0n) is 11.5. The van der Waals surface area contributed by atoms with Crippen LogP contribution in [0.5, 0.6) is 0 Å². The zero-order chi connectivity index (χ0) is 14.5. The van der Waals surface area contributed by atoms with Crippen molar-refractivity contribution in [2.75, 3.05) is 6.26 Å². The largest absolute Gasteiger partial charge is 0.310 e. The van der Waals surface area contributed by atoms with Gasteiger partial charge in [0, 0.05) is 30.0 Å². The van der Waals surface area contributed by atoms with Gasteiger partial charge >= 0.3 is 0 Å². The minimum atomic E-state index is -0.423. The Kier molecular flexibility index (Phi) is 5.69. The third-order valence-corrected chi connectivity index (χ3v) is 5.23. The summed E-state index contributed by atoms with van der Waals surface area (Å²) in [5, 5.41) is 15.4. The van der Waals surface area contributed by atoms with Crippen molar-refractivity contribution in [2.45, 2.75) is 43.5 Å². The number of benzene rings is 1. The second kappa shape index (κ2) is 7.29. The van der Waals surface area contributed by atoms with Crippen molar-refractivity contribution < 1.29 is 4.92 Å². The van der Waals surface area contributed by atoms with Crippen molar-refractivity contribution in [1.29, 1.82) is 0 Å². The Labute approximate surface area is 128 Å². The molecule has 4 nitrogen and oxygen atoms in total. The lowest BCUT2D eigenvalue weighted by atomic mass is 9.95. The highest BCUT2D eigenvalue weighted by molar-refractivity contribution is 7.99. The van der Waals surface area contributed by atoms with Gasteiger partial charge in [-0.05, 0) is 37.1 Å². The molecule has 1 N–H and O–H groups in total. The highest BCUT2D eigenvalue weighted by atomic mass is 35.5. The molecule has 1 aromatic carbocycles. The number of rotatable bonds is 5. The summed E-state index contributed by atoms with van der Waals surface area (Å²) in [6.07, 6.45) is 7.11. The summed E-state index contributed by atoms with van der Waals surface area (Å²) in [5.74, 6) is 0. The molecule has 0 radical (unpaired) electrons. The van der Waals surface area contributed by atoms with Gasteiger partial charge in [0.25, 0.3) is 5.69 Å². The van der Waals surface area contributed by atoms with E-state index >= 15 is 0 Å². The average Bonchev–Trinajstić information content (AvgIpc) is 2.46. The van der Waals surface area contributed by atoms with Crippen molar-refractivity contribution in [2.24, 2.45) is 0 Å². The second-order valence-corrected chi connectivity index (χ2v) is 6.68. The van der Waals surface area contributed by atoms with Crippen LogP contribution in [0.25, 0.3) is 0 Å². The number of nitro benzene ring substituents is 1. The standard InChI is InChI=1S/C14H19ClN2O2S/c1-20-13-4-2-3-11(7-13)16-9-10-5-6-12(17(18)19)8-14(10)15/h5-6,8,11,13,16H,2-4,7,9H2,1H3. The molecule has 6 heteroatoms. The molecule has 1 aromatic rings. The molecule has 0 amide bonds. The lowest BCUT2D eigenvalue weighted by Crippen LogP contribution is -2.34. The van der Waals surface area contributed by atoms with E-state index in [0.29, 0.717) is 17.6 Å². The first-order valence-corrected chi connectivity index (χ1v) is 8.45. The van der Waals surface area contributed by atoms with Gasteiger partial charge in [-0.3, -0.25) is 10.1 Å². The lowest BCUT2D eigenvalue weighted by molar-refractivity contribution is -0.384. The van der Waals surface area contributed by atoms with E-state index in [1.807, 2.05) is 11.8 Å². The molecule has 2 atom stereocenters. The highest BCUT2D eigenvalue weighted by Gasteiger charge is 2.21. The Morgan fingerprint density at radius 3 is 2.95 bits per heavy atom. The lowest BCUT2D eigenvalue weighted by Gasteiger charge is -2.28. The van der Waals surface area contributed by atoms with Crippen molar-refractivity contribution in [3.8, 4) is 0 Å². The molecule has 1 aliphatic rings. The third-order valence-electron chi connectivity index (χ3n) is 3.79. The van der Waals surface area contributed by atoms with Crippen LogP contribution in [0, 0.1) is 10.1 Å². The maximum Gasteiger partial charge on any atom is 0.270 e. The average molecular weight is 315 g/mol. The number of nitrogens with zero attached hydrogens (tertiary/aromatic N) is 1. The third kappa shape index (κ3) is 4.11. The molecule has 0 spiro atoms. The van der Waals surface area contributed by atoms with E-state index in [-0.39, 0.29) is 5.69 Å². The van der Waals surface area contributed by atoms with Crippen LogP contribution in [0.4, 0.5) is 5.69 Å². The molecule has 110 valence electrons. The molecule has 1 fully saturated rings. The summed E-state index contributed by atoms with van der Waals surface area (Å²) in [6.45, 7) is 0.669. The Balaban J connectivity index is 1.92. The number of non-ortho nitro benzene ring substituents is 1. The van der Waals surface area contributed by atoms with Crippen LogP contribution in [-0.2, 0) is 6.54 Å². The number of halogens is 1. The van der Waals surface area contributed by atoms with Gasteiger partial charge in [-0.1, -0.05) is 18.0 Å². The summed E-state index contributed by atoms with van der Waals surface area (Å²) in [5.41, 5.74) is 0.961. The van der Waals surface area contributed by atoms with Crippen LogP contribution in [-0.4, -0.2) is 22.5 Å². The Hall–Kier alpha value is -0.780. The molecule has 0 bridgehead atoms. The predicted molar refractivity (Wildman–Crippen MR) is 84.5 cm³/mol. The van der Waals surface area contributed by atoms with E-state index in [0.717, 1.165) is 10.8 Å². The Morgan fingerprint density at radius 2 is 2.30 bits per heavy atom. The van der Waals surface area contributed by atoms with Gasteiger partial charge < -0.3 is 5.32 Å². The molecule has 0 saturated heterocycles. The Bertz CT molecular complexity index is 484. The highest BCUT2D eigenvalue weighted by Crippen LogP contribution is 2.28. The van der Waals surface area contributed by atoms with Crippen LogP contribution >= 0.6 is 23.4 Å². The van der Waals surface area contributed by atoms with Gasteiger partial charge in [0.1, 0.15) is 0 Å². The van der Waals surface area contributed by atoms with Gasteiger partial charge in [0.2, 0.25) is 0 Å². The molecule has 20 heavy (non-hydrogen) atoms. The minimum absolute atomic E-state index is 0.0406. The summed E-state index contributed by atoms with van der Waals surface area (Å²) < 4.78 is 0. The van der Waals surface area contributed by atoms with Crippen molar-refractivity contribution in [1.82, 2.24) is 5.32 Å². The number of hydrogen-bond donors (Lipinski definition) is 1. The van der Waals surface area contributed by atoms with Crippen LogP contribution in [0.2, 0.25) is 5.02 Å². The summed E-state index contributed by atoms with van der Waals surface area (Å²) in [6, 6.07) is 5.19. The maximum absolute atomic E-state index is 10.7. The van der Waals surface area contributed by atoms with Gasteiger partial charge in [-0.15, -0.1) is 0 Å². The molecule has 1 saturated carbocycles. The van der Waals surface area contributed by atoms with Crippen molar-refractivity contribution >= 4 is 29.1 Å². The molecule has 2 unspecified atom stereocenters. The first-order valence-electron chi connectivity index (χ1n) is 6.79. The number of nitrogens with one attached hydrogen (secondary N) is 1. The van der Waals surface area contributed by atoms with Gasteiger partial charge in [0.05, 0.1) is 9.95 Å². The zero-order valence-corrected chi connectivity index (χ0v) is 13.0. The van der Waals surface area contributed by atoms with Crippen LogP contribution in [0.3, 0.4) is 0 Å². The van der Waals surface area contributed by atoms with Crippen LogP contribution in [0.15, 0.2) is 18.2 Å². The molecule has 1 aliphatic carbocycles. The van der Waals surface area contributed by atoms with Gasteiger partial charge in [-0.2, -0.15) is 11.8 Å². The summed E-state index contributed by atoms with van der Waals surface area (Å²) in [7, 11) is 0. The van der Waals surface area contributed by atoms with Crippen molar-refractivity contribution in [3.63, 3.8) is 0 Å². The quantitative estimate of drug-likeness (QED) is 0.659. The van der Waals surface area contributed by atoms with Crippen LogP contribution < -0.4 is 5.32 Å². The van der Waals surface area contributed by atoms with E-state index in [1.54, 1.807) is 6.07 Å². The first kappa shape index (κ1) is 15.6. The maximum atomic E-state index is 10.7. The van der Waals surface area contributed by atoms with Crippen molar-refractivity contribution in [3.05, 3.63) is 38.9 Å². The molecule has 2 rings (SSSR count). The second-order valence-electron chi connectivity index (χ2n) is 5.13.